The summed E-state index contributed by atoms with van der Waals surface area (Å²) in [5.74, 6) is 0.133. The number of carbonyl (C=O) groups is 1. The van der Waals surface area contributed by atoms with E-state index in [1.165, 1.54) is 0 Å². The zero-order valence-corrected chi connectivity index (χ0v) is 12.4. The third kappa shape index (κ3) is 3.87. The van der Waals surface area contributed by atoms with Crippen molar-refractivity contribution < 1.29 is 14.6 Å². The number of carbonyl (C=O) groups excluding carboxylic acids is 1. The molecule has 0 spiro atoms. The van der Waals surface area contributed by atoms with Gasteiger partial charge in [0, 0.05) is 12.2 Å². The average Bonchev–Trinajstić information content (AvgIpc) is 2.45. The zero-order chi connectivity index (χ0) is 15.2. The first-order chi connectivity index (χ1) is 9.47. The fourth-order valence-electron chi connectivity index (χ4n) is 1.90. The van der Waals surface area contributed by atoms with Crippen LogP contribution in [0.3, 0.4) is 0 Å². The Balaban J connectivity index is 2.87. The van der Waals surface area contributed by atoms with E-state index in [0.29, 0.717) is 36.4 Å². The van der Waals surface area contributed by atoms with Gasteiger partial charge in [-0.2, -0.15) is 0 Å². The predicted octanol–water partition coefficient (Wildman–Crippen LogP) is 1.95. The summed E-state index contributed by atoms with van der Waals surface area (Å²) in [4.78, 5) is 12.3. The number of nitrogen functional groups attached to an aromatic ring is 1. The van der Waals surface area contributed by atoms with E-state index in [1.807, 2.05) is 20.8 Å². The fourth-order valence-corrected chi connectivity index (χ4v) is 1.90. The lowest BCUT2D eigenvalue weighted by atomic mass is 9.97. The van der Waals surface area contributed by atoms with Crippen LogP contribution in [0.2, 0.25) is 0 Å². The third-order valence-electron chi connectivity index (χ3n) is 3.48. The van der Waals surface area contributed by atoms with Crippen LogP contribution < -0.4 is 15.8 Å². The van der Waals surface area contributed by atoms with Crippen molar-refractivity contribution in [2.24, 2.45) is 0 Å². The Bertz CT molecular complexity index is 456. The van der Waals surface area contributed by atoms with E-state index in [4.69, 9.17) is 10.5 Å². The number of nitrogens with one attached hydrogen (secondary N) is 1. The highest BCUT2D eigenvalue weighted by Crippen LogP contribution is 2.24. The summed E-state index contributed by atoms with van der Waals surface area (Å²) in [7, 11) is 0. The first kappa shape index (κ1) is 16.3. The van der Waals surface area contributed by atoms with E-state index in [-0.39, 0.29) is 12.5 Å². The lowest BCUT2D eigenvalue weighted by Gasteiger charge is -2.25. The summed E-state index contributed by atoms with van der Waals surface area (Å²) in [6, 6.07) is 5.11. The zero-order valence-electron chi connectivity index (χ0n) is 12.4. The SMILES string of the molecule is CCOc1cccc(N)c1C(=O)NCC(O)(CC)CC. The number of aliphatic hydroxyl groups is 1. The van der Waals surface area contributed by atoms with E-state index in [1.54, 1.807) is 18.2 Å². The number of anilines is 1. The van der Waals surface area contributed by atoms with Crippen molar-refractivity contribution in [3.05, 3.63) is 23.8 Å². The van der Waals surface area contributed by atoms with Crippen LogP contribution in [0.1, 0.15) is 44.0 Å². The largest absolute Gasteiger partial charge is 0.493 e. The minimum atomic E-state index is -0.884. The molecule has 0 fully saturated rings. The fraction of sp³-hybridized carbons (Fsp3) is 0.533. The monoisotopic (exact) mass is 280 g/mol. The highest BCUT2D eigenvalue weighted by Gasteiger charge is 2.24. The Hall–Kier alpha value is -1.75. The number of nitrogens with two attached hydrogens (primary N) is 1. The average molecular weight is 280 g/mol. The standard InChI is InChI=1S/C15H24N2O3/c1-4-15(19,5-2)10-17-14(18)13-11(16)8-7-9-12(13)20-6-3/h7-9,19H,4-6,10,16H2,1-3H3,(H,17,18). The van der Waals surface area contributed by atoms with Gasteiger partial charge in [-0.3, -0.25) is 4.79 Å². The summed E-state index contributed by atoms with van der Waals surface area (Å²) in [6.45, 7) is 6.27. The van der Waals surface area contributed by atoms with Gasteiger partial charge < -0.3 is 20.9 Å². The molecule has 20 heavy (non-hydrogen) atoms. The minimum Gasteiger partial charge on any atom is -0.493 e. The first-order valence-electron chi connectivity index (χ1n) is 6.99. The van der Waals surface area contributed by atoms with E-state index in [0.717, 1.165) is 0 Å². The van der Waals surface area contributed by atoms with Crippen molar-refractivity contribution in [3.8, 4) is 5.75 Å². The first-order valence-corrected chi connectivity index (χ1v) is 6.99. The smallest absolute Gasteiger partial charge is 0.257 e. The van der Waals surface area contributed by atoms with Gasteiger partial charge in [0.05, 0.1) is 12.2 Å². The maximum absolute atomic E-state index is 12.3. The number of hydrogen-bond donors (Lipinski definition) is 3. The molecule has 0 aliphatic rings. The number of benzene rings is 1. The van der Waals surface area contributed by atoms with Crippen LogP contribution in [0, 0.1) is 0 Å². The van der Waals surface area contributed by atoms with Gasteiger partial charge in [-0.25, -0.2) is 0 Å². The molecular weight excluding hydrogens is 256 g/mol. The Morgan fingerprint density at radius 3 is 2.55 bits per heavy atom. The summed E-state index contributed by atoms with van der Waals surface area (Å²) in [6.07, 6.45) is 1.15. The molecule has 4 N–H and O–H groups in total. The van der Waals surface area contributed by atoms with Crippen LogP contribution in [0.25, 0.3) is 0 Å². The molecule has 0 aliphatic carbocycles. The number of amides is 1. The number of ether oxygens (including phenoxy) is 1. The molecule has 1 rings (SSSR count). The second-order valence-corrected chi connectivity index (χ2v) is 4.77. The topological polar surface area (TPSA) is 84.6 Å². The van der Waals surface area contributed by atoms with Crippen molar-refractivity contribution >= 4 is 11.6 Å². The Labute approximate surface area is 120 Å². The molecule has 0 saturated carbocycles. The number of hydrogen-bond acceptors (Lipinski definition) is 4. The van der Waals surface area contributed by atoms with Crippen molar-refractivity contribution in [3.63, 3.8) is 0 Å². The molecule has 0 heterocycles. The number of rotatable bonds is 7. The van der Waals surface area contributed by atoms with Gasteiger partial charge in [0.25, 0.3) is 5.91 Å². The summed E-state index contributed by atoms with van der Waals surface area (Å²) in [5.41, 5.74) is 5.66. The molecule has 0 saturated heterocycles. The van der Waals surface area contributed by atoms with Crippen LogP contribution >= 0.6 is 0 Å². The van der Waals surface area contributed by atoms with Crippen LogP contribution in [-0.4, -0.2) is 29.8 Å². The van der Waals surface area contributed by atoms with Gasteiger partial charge >= 0.3 is 0 Å². The van der Waals surface area contributed by atoms with E-state index in [2.05, 4.69) is 5.32 Å². The molecule has 0 atom stereocenters. The second-order valence-electron chi connectivity index (χ2n) is 4.77. The van der Waals surface area contributed by atoms with Gasteiger partial charge in [0.2, 0.25) is 0 Å². The van der Waals surface area contributed by atoms with Crippen LogP contribution in [0.5, 0.6) is 5.75 Å². The molecule has 5 nitrogen and oxygen atoms in total. The second kappa shape index (κ2) is 7.14. The van der Waals surface area contributed by atoms with Gasteiger partial charge in [0.15, 0.2) is 0 Å². The van der Waals surface area contributed by atoms with E-state index in [9.17, 15) is 9.90 Å². The predicted molar refractivity (Wildman–Crippen MR) is 79.9 cm³/mol. The molecule has 5 heteroatoms. The molecule has 112 valence electrons. The molecule has 0 unspecified atom stereocenters. The van der Waals surface area contributed by atoms with Crippen molar-refractivity contribution in [1.82, 2.24) is 5.32 Å². The quantitative estimate of drug-likeness (QED) is 0.666. The van der Waals surface area contributed by atoms with Gasteiger partial charge in [0.1, 0.15) is 11.3 Å². The minimum absolute atomic E-state index is 0.193. The Kier molecular flexibility index (Phi) is 5.82. The molecule has 0 radical (unpaired) electrons. The normalized spacial score (nSPS) is 11.2. The van der Waals surface area contributed by atoms with Gasteiger partial charge in [-0.05, 0) is 31.9 Å². The molecule has 0 aliphatic heterocycles. The lowest BCUT2D eigenvalue weighted by Crippen LogP contribution is -2.42. The summed E-state index contributed by atoms with van der Waals surface area (Å²) >= 11 is 0. The van der Waals surface area contributed by atoms with Gasteiger partial charge in [-0.1, -0.05) is 19.9 Å². The summed E-state index contributed by atoms with van der Waals surface area (Å²) in [5, 5.41) is 12.9. The third-order valence-corrected chi connectivity index (χ3v) is 3.48. The molecule has 1 aromatic carbocycles. The van der Waals surface area contributed by atoms with Gasteiger partial charge in [-0.15, -0.1) is 0 Å². The van der Waals surface area contributed by atoms with E-state index >= 15 is 0 Å². The highest BCUT2D eigenvalue weighted by molar-refractivity contribution is 6.01. The summed E-state index contributed by atoms with van der Waals surface area (Å²) < 4.78 is 5.42. The maximum Gasteiger partial charge on any atom is 0.257 e. The lowest BCUT2D eigenvalue weighted by molar-refractivity contribution is 0.0313. The van der Waals surface area contributed by atoms with Crippen LogP contribution in [0.15, 0.2) is 18.2 Å². The van der Waals surface area contributed by atoms with Crippen molar-refractivity contribution in [2.75, 3.05) is 18.9 Å². The van der Waals surface area contributed by atoms with E-state index < -0.39 is 5.60 Å². The van der Waals surface area contributed by atoms with Crippen molar-refractivity contribution in [1.29, 1.82) is 0 Å². The maximum atomic E-state index is 12.3. The Morgan fingerprint density at radius 1 is 1.35 bits per heavy atom. The molecule has 0 aromatic heterocycles. The Morgan fingerprint density at radius 2 is 2.00 bits per heavy atom. The van der Waals surface area contributed by atoms with Crippen molar-refractivity contribution in [2.45, 2.75) is 39.2 Å². The molecular formula is C15H24N2O3. The molecule has 1 aromatic rings. The van der Waals surface area contributed by atoms with Crippen LogP contribution in [0.4, 0.5) is 5.69 Å². The highest BCUT2D eigenvalue weighted by atomic mass is 16.5. The van der Waals surface area contributed by atoms with Crippen LogP contribution in [-0.2, 0) is 0 Å². The molecule has 1 amide bonds. The molecule has 0 bridgehead atoms.